The van der Waals surface area contributed by atoms with Crippen molar-refractivity contribution in [3.63, 3.8) is 0 Å². The average Bonchev–Trinajstić information content (AvgIpc) is 3.23. The number of benzene rings is 2. The van der Waals surface area contributed by atoms with E-state index in [4.69, 9.17) is 0 Å². The van der Waals surface area contributed by atoms with Gasteiger partial charge in [0.1, 0.15) is 24.2 Å². The molecule has 1 aliphatic rings. The minimum Gasteiger partial charge on any atom is -0.345 e. The number of hydrogen-bond donors (Lipinski definition) is 1. The van der Waals surface area contributed by atoms with Crippen molar-refractivity contribution in [1.82, 2.24) is 20.1 Å². The lowest BCUT2D eigenvalue weighted by Crippen LogP contribution is -2.31. The third-order valence-electron chi connectivity index (χ3n) is 4.43. The van der Waals surface area contributed by atoms with Crippen LogP contribution in [0.3, 0.4) is 0 Å². The molecule has 1 N–H and O–H groups in total. The van der Waals surface area contributed by atoms with Gasteiger partial charge in [-0.25, -0.2) is 14.1 Å². The Bertz CT molecular complexity index is 1060. The van der Waals surface area contributed by atoms with Gasteiger partial charge >= 0.3 is 0 Å². The Balaban J connectivity index is 1.62. The van der Waals surface area contributed by atoms with E-state index < -0.39 is 10.8 Å². The van der Waals surface area contributed by atoms with Gasteiger partial charge in [-0.2, -0.15) is 5.10 Å². The van der Waals surface area contributed by atoms with Crippen LogP contribution in [0.4, 0.5) is 10.1 Å². The Morgan fingerprint density at radius 1 is 1.36 bits per heavy atom. The molecule has 10 heteroatoms. The van der Waals surface area contributed by atoms with E-state index in [9.17, 15) is 19.3 Å². The third kappa shape index (κ3) is 3.33. The molecular weight excluding hydrogens is 385 g/mol. The van der Waals surface area contributed by atoms with Gasteiger partial charge in [0.2, 0.25) is 0 Å². The quantitative estimate of drug-likeness (QED) is 0.533. The van der Waals surface area contributed by atoms with Gasteiger partial charge in [-0.05, 0) is 30.2 Å². The number of rotatable bonds is 4. The molecule has 8 nitrogen and oxygen atoms in total. The van der Waals surface area contributed by atoms with Crippen LogP contribution in [0.1, 0.15) is 28.4 Å². The van der Waals surface area contributed by atoms with E-state index in [1.54, 1.807) is 12.1 Å². The second-order valence-corrected chi connectivity index (χ2v) is 7.23. The van der Waals surface area contributed by atoms with Gasteiger partial charge in [0, 0.05) is 22.3 Å². The molecule has 1 amide bonds. The van der Waals surface area contributed by atoms with Gasteiger partial charge < -0.3 is 5.32 Å². The SMILES string of the molecule is O=C(N[C@@H]1CCSc2c(F)cccc21)c1ccc(-n2cncn2)c([N+](=O)[O-])c1. The molecule has 0 fully saturated rings. The first-order valence-electron chi connectivity index (χ1n) is 8.40. The minimum absolute atomic E-state index is 0.145. The highest BCUT2D eigenvalue weighted by Gasteiger charge is 2.26. The van der Waals surface area contributed by atoms with Crippen LogP contribution < -0.4 is 5.32 Å². The maximum absolute atomic E-state index is 14.0. The van der Waals surface area contributed by atoms with E-state index in [0.717, 1.165) is 5.56 Å². The van der Waals surface area contributed by atoms with E-state index in [-0.39, 0.29) is 28.8 Å². The Hall–Kier alpha value is -3.27. The fourth-order valence-corrected chi connectivity index (χ4v) is 4.26. The Labute approximate surface area is 162 Å². The number of amides is 1. The number of carbonyl (C=O) groups excluding carboxylic acids is 1. The largest absolute Gasteiger partial charge is 0.345 e. The topological polar surface area (TPSA) is 103 Å². The zero-order valence-electron chi connectivity index (χ0n) is 14.4. The monoisotopic (exact) mass is 399 g/mol. The van der Waals surface area contributed by atoms with E-state index >= 15 is 0 Å². The lowest BCUT2D eigenvalue weighted by atomic mass is 10.0. The van der Waals surface area contributed by atoms with E-state index in [2.05, 4.69) is 15.4 Å². The smallest absolute Gasteiger partial charge is 0.295 e. The Morgan fingerprint density at radius 2 is 2.21 bits per heavy atom. The highest BCUT2D eigenvalue weighted by molar-refractivity contribution is 7.99. The molecule has 0 unspecified atom stereocenters. The summed E-state index contributed by atoms with van der Waals surface area (Å²) in [6, 6.07) is 8.57. The summed E-state index contributed by atoms with van der Waals surface area (Å²) in [5.41, 5.74) is 0.814. The third-order valence-corrected chi connectivity index (χ3v) is 5.59. The lowest BCUT2D eigenvalue weighted by molar-refractivity contribution is -0.384. The molecule has 0 aliphatic carbocycles. The fraction of sp³-hybridized carbons (Fsp3) is 0.167. The standard InChI is InChI=1S/C18H14FN5O3S/c19-13-3-1-2-12-14(6-7-28-17(12)13)22-18(25)11-4-5-15(16(8-11)24(26)27)23-10-20-9-21-23/h1-5,8-10,14H,6-7H2,(H,22,25)/t14-/m1/s1. The van der Waals surface area contributed by atoms with Crippen LogP contribution in [0, 0.1) is 15.9 Å². The van der Waals surface area contributed by atoms with Crippen molar-refractivity contribution in [2.24, 2.45) is 0 Å². The molecule has 0 bridgehead atoms. The van der Waals surface area contributed by atoms with Crippen molar-refractivity contribution in [3.8, 4) is 5.69 Å². The maximum atomic E-state index is 14.0. The van der Waals surface area contributed by atoms with Crippen LogP contribution >= 0.6 is 11.8 Å². The number of thioether (sulfide) groups is 1. The molecule has 2 heterocycles. The van der Waals surface area contributed by atoms with Crippen LogP contribution in [0.5, 0.6) is 0 Å². The Kier molecular flexibility index (Phi) is 4.78. The molecule has 1 aliphatic heterocycles. The predicted molar refractivity (Wildman–Crippen MR) is 100.0 cm³/mol. The van der Waals surface area contributed by atoms with Crippen LogP contribution in [0.25, 0.3) is 5.69 Å². The number of nitro groups is 1. The first-order valence-corrected chi connectivity index (χ1v) is 9.38. The van der Waals surface area contributed by atoms with Gasteiger partial charge in [0.25, 0.3) is 11.6 Å². The molecule has 0 saturated carbocycles. The normalized spacial score (nSPS) is 15.7. The first kappa shape index (κ1) is 18.1. The molecule has 4 rings (SSSR count). The minimum atomic E-state index is -0.574. The number of nitro benzene ring substituents is 1. The first-order chi connectivity index (χ1) is 13.5. The second kappa shape index (κ2) is 7.39. The van der Waals surface area contributed by atoms with Crippen molar-refractivity contribution in [2.75, 3.05) is 5.75 Å². The molecule has 0 radical (unpaired) electrons. The molecule has 1 atom stereocenters. The van der Waals surface area contributed by atoms with E-state index in [0.29, 0.717) is 17.1 Å². The molecule has 1 aromatic heterocycles. The molecule has 3 aromatic rings. The summed E-state index contributed by atoms with van der Waals surface area (Å²) in [5.74, 6) is -0.0980. The van der Waals surface area contributed by atoms with Gasteiger partial charge in [-0.15, -0.1) is 11.8 Å². The molecule has 0 saturated heterocycles. The Morgan fingerprint density at radius 3 is 2.96 bits per heavy atom. The summed E-state index contributed by atoms with van der Waals surface area (Å²) in [7, 11) is 0. The summed E-state index contributed by atoms with van der Waals surface area (Å²) < 4.78 is 15.3. The number of fused-ring (bicyclic) bond motifs is 1. The number of nitrogens with one attached hydrogen (secondary N) is 1. The number of hydrogen-bond acceptors (Lipinski definition) is 6. The van der Waals surface area contributed by atoms with Crippen LogP contribution in [-0.4, -0.2) is 31.3 Å². The van der Waals surface area contributed by atoms with Crippen LogP contribution in [0.2, 0.25) is 0 Å². The summed E-state index contributed by atoms with van der Waals surface area (Å²) >= 11 is 1.42. The number of nitrogens with zero attached hydrogens (tertiary/aromatic N) is 4. The fourth-order valence-electron chi connectivity index (χ4n) is 3.12. The maximum Gasteiger partial charge on any atom is 0.295 e. The van der Waals surface area contributed by atoms with Crippen LogP contribution in [0.15, 0.2) is 53.9 Å². The van der Waals surface area contributed by atoms with Gasteiger partial charge in [0.15, 0.2) is 0 Å². The molecular formula is C18H14FN5O3S. The van der Waals surface area contributed by atoms with Crippen molar-refractivity contribution in [3.05, 3.63) is 76.1 Å². The summed E-state index contributed by atoms with van der Waals surface area (Å²) in [5, 5.41) is 18.2. The highest BCUT2D eigenvalue weighted by Crippen LogP contribution is 2.38. The van der Waals surface area contributed by atoms with E-state index in [1.807, 2.05) is 0 Å². The lowest BCUT2D eigenvalue weighted by Gasteiger charge is -2.26. The van der Waals surface area contributed by atoms with Gasteiger partial charge in [-0.3, -0.25) is 14.9 Å². The summed E-state index contributed by atoms with van der Waals surface area (Å²) in [4.78, 5) is 27.9. The molecule has 0 spiro atoms. The predicted octanol–water partition coefficient (Wildman–Crippen LogP) is 3.28. The van der Waals surface area contributed by atoms with E-state index in [1.165, 1.54) is 53.4 Å². The zero-order chi connectivity index (χ0) is 19.7. The molecule has 142 valence electrons. The van der Waals surface area contributed by atoms with Crippen LogP contribution in [-0.2, 0) is 0 Å². The second-order valence-electron chi connectivity index (χ2n) is 6.12. The number of halogens is 1. The van der Waals surface area contributed by atoms with Crippen molar-refractivity contribution in [2.45, 2.75) is 17.4 Å². The average molecular weight is 399 g/mol. The van der Waals surface area contributed by atoms with Crippen molar-refractivity contribution in [1.29, 1.82) is 0 Å². The number of carbonyl (C=O) groups is 1. The summed E-state index contributed by atoms with van der Waals surface area (Å²) in [6.07, 6.45) is 3.25. The number of aromatic nitrogens is 3. The zero-order valence-corrected chi connectivity index (χ0v) is 15.2. The van der Waals surface area contributed by atoms with Crippen molar-refractivity contribution >= 4 is 23.4 Å². The van der Waals surface area contributed by atoms with Gasteiger partial charge in [0.05, 0.1) is 11.0 Å². The van der Waals surface area contributed by atoms with Crippen molar-refractivity contribution < 1.29 is 14.1 Å². The van der Waals surface area contributed by atoms with Gasteiger partial charge in [-0.1, -0.05) is 12.1 Å². The molecule has 2 aromatic carbocycles. The molecule has 28 heavy (non-hydrogen) atoms. The summed E-state index contributed by atoms with van der Waals surface area (Å²) in [6.45, 7) is 0. The highest BCUT2D eigenvalue weighted by atomic mass is 32.2.